The van der Waals surface area contributed by atoms with E-state index < -0.39 is 0 Å². The highest BCUT2D eigenvalue weighted by atomic mass is 35.5. The normalized spacial score (nSPS) is 12.4. The molecular formula is C17H19ClFN. The average Bonchev–Trinajstić information content (AvgIpc) is 2.42. The van der Waals surface area contributed by atoms with Crippen molar-refractivity contribution in [2.24, 2.45) is 0 Å². The molecule has 0 aromatic heterocycles. The predicted molar refractivity (Wildman–Crippen MR) is 82.8 cm³/mol. The van der Waals surface area contributed by atoms with Gasteiger partial charge in [-0.15, -0.1) is 0 Å². The molecule has 0 aliphatic rings. The Labute approximate surface area is 124 Å². The molecule has 0 fully saturated rings. The monoisotopic (exact) mass is 291 g/mol. The Hall–Kier alpha value is -1.38. The van der Waals surface area contributed by atoms with Gasteiger partial charge < -0.3 is 5.32 Å². The summed E-state index contributed by atoms with van der Waals surface area (Å²) in [5.41, 5.74) is 3.51. The standard InChI is InChI=1S/C17H19ClFN/c1-12-4-3-5-13(8-12)9-15(20-2)10-14-6-7-16(18)17(19)11-14/h3-8,11,15,20H,9-10H2,1-2H3. The lowest BCUT2D eigenvalue weighted by molar-refractivity contribution is 0.553. The lowest BCUT2D eigenvalue weighted by atomic mass is 9.98. The van der Waals surface area contributed by atoms with E-state index in [0.717, 1.165) is 18.4 Å². The summed E-state index contributed by atoms with van der Waals surface area (Å²) in [6.45, 7) is 2.09. The number of benzene rings is 2. The van der Waals surface area contributed by atoms with Crippen LogP contribution in [0.4, 0.5) is 4.39 Å². The summed E-state index contributed by atoms with van der Waals surface area (Å²) in [5, 5.41) is 3.47. The Balaban J connectivity index is 2.07. The summed E-state index contributed by atoms with van der Waals surface area (Å²) < 4.78 is 13.5. The SMILES string of the molecule is CNC(Cc1cccc(C)c1)Cc1ccc(Cl)c(F)c1. The first-order chi connectivity index (χ1) is 9.58. The first kappa shape index (κ1) is 15.0. The third-order valence-electron chi connectivity index (χ3n) is 3.44. The van der Waals surface area contributed by atoms with Crippen LogP contribution < -0.4 is 5.32 Å². The molecule has 0 saturated carbocycles. The molecule has 2 aromatic rings. The predicted octanol–water partition coefficient (Wildman–Crippen LogP) is 4.16. The van der Waals surface area contributed by atoms with Crippen LogP contribution in [0.2, 0.25) is 5.02 Å². The molecule has 0 amide bonds. The topological polar surface area (TPSA) is 12.0 Å². The zero-order valence-electron chi connectivity index (χ0n) is 11.8. The highest BCUT2D eigenvalue weighted by Gasteiger charge is 2.10. The maximum absolute atomic E-state index is 13.5. The minimum Gasteiger partial charge on any atom is -0.316 e. The lowest BCUT2D eigenvalue weighted by Gasteiger charge is -2.17. The molecule has 3 heteroatoms. The summed E-state index contributed by atoms with van der Waals surface area (Å²) in [6, 6.07) is 13.8. The van der Waals surface area contributed by atoms with E-state index in [2.05, 4.69) is 36.5 Å². The van der Waals surface area contributed by atoms with Gasteiger partial charge in [-0.25, -0.2) is 4.39 Å². The number of nitrogens with one attached hydrogen (secondary N) is 1. The van der Waals surface area contributed by atoms with Crippen molar-refractivity contribution in [2.45, 2.75) is 25.8 Å². The molecule has 20 heavy (non-hydrogen) atoms. The molecule has 1 nitrogen and oxygen atoms in total. The second-order valence-corrected chi connectivity index (χ2v) is 5.54. The fourth-order valence-electron chi connectivity index (χ4n) is 2.35. The fourth-order valence-corrected chi connectivity index (χ4v) is 2.47. The van der Waals surface area contributed by atoms with Crippen molar-refractivity contribution in [3.05, 3.63) is 70.0 Å². The number of hydrogen-bond acceptors (Lipinski definition) is 1. The molecule has 2 rings (SSSR count). The van der Waals surface area contributed by atoms with Gasteiger partial charge in [-0.1, -0.05) is 47.5 Å². The highest BCUT2D eigenvalue weighted by molar-refractivity contribution is 6.30. The molecule has 0 spiro atoms. The van der Waals surface area contributed by atoms with E-state index in [1.54, 1.807) is 6.07 Å². The second kappa shape index (κ2) is 6.87. The third-order valence-corrected chi connectivity index (χ3v) is 3.75. The molecule has 0 heterocycles. The summed E-state index contributed by atoms with van der Waals surface area (Å²) in [6.07, 6.45) is 1.70. The Morgan fingerprint density at radius 2 is 1.80 bits per heavy atom. The number of halogens is 2. The molecule has 106 valence electrons. The van der Waals surface area contributed by atoms with Gasteiger partial charge >= 0.3 is 0 Å². The smallest absolute Gasteiger partial charge is 0.142 e. The van der Waals surface area contributed by atoms with Gasteiger partial charge in [0.15, 0.2) is 0 Å². The Bertz CT molecular complexity index is 583. The molecule has 0 saturated heterocycles. The largest absolute Gasteiger partial charge is 0.316 e. The van der Waals surface area contributed by atoms with Crippen molar-refractivity contribution in [1.29, 1.82) is 0 Å². The van der Waals surface area contributed by atoms with E-state index >= 15 is 0 Å². The average molecular weight is 292 g/mol. The summed E-state index contributed by atoms with van der Waals surface area (Å²) in [4.78, 5) is 0. The van der Waals surface area contributed by atoms with Gasteiger partial charge in [-0.3, -0.25) is 0 Å². The van der Waals surface area contributed by atoms with Crippen molar-refractivity contribution in [3.63, 3.8) is 0 Å². The van der Waals surface area contributed by atoms with Gasteiger partial charge in [-0.2, -0.15) is 0 Å². The Morgan fingerprint density at radius 1 is 1.10 bits per heavy atom. The van der Waals surface area contributed by atoms with Crippen molar-refractivity contribution in [3.8, 4) is 0 Å². The van der Waals surface area contributed by atoms with Crippen molar-refractivity contribution < 1.29 is 4.39 Å². The van der Waals surface area contributed by atoms with Crippen molar-refractivity contribution >= 4 is 11.6 Å². The minimum atomic E-state index is -0.352. The third kappa shape index (κ3) is 4.06. The molecule has 1 unspecified atom stereocenters. The van der Waals surface area contributed by atoms with Gasteiger partial charge in [0.1, 0.15) is 5.82 Å². The van der Waals surface area contributed by atoms with Gasteiger partial charge in [0.25, 0.3) is 0 Å². The minimum absolute atomic E-state index is 0.174. The van der Waals surface area contributed by atoms with E-state index in [1.165, 1.54) is 17.2 Å². The first-order valence-electron chi connectivity index (χ1n) is 6.75. The Kier molecular flexibility index (Phi) is 5.16. The van der Waals surface area contributed by atoms with E-state index in [0.29, 0.717) is 0 Å². The molecule has 1 atom stereocenters. The van der Waals surface area contributed by atoms with Gasteiger partial charge in [-0.05, 0) is 50.1 Å². The van der Waals surface area contributed by atoms with Crippen molar-refractivity contribution in [2.75, 3.05) is 7.05 Å². The van der Waals surface area contributed by atoms with E-state index in [4.69, 9.17) is 11.6 Å². The number of rotatable bonds is 5. The number of likely N-dealkylation sites (N-methyl/N-ethyl adjacent to an activating group) is 1. The summed E-state index contributed by atoms with van der Waals surface area (Å²) >= 11 is 5.71. The van der Waals surface area contributed by atoms with Gasteiger partial charge in [0, 0.05) is 6.04 Å². The Morgan fingerprint density at radius 3 is 2.40 bits per heavy atom. The fraction of sp³-hybridized carbons (Fsp3) is 0.294. The zero-order valence-corrected chi connectivity index (χ0v) is 12.5. The molecule has 2 aromatic carbocycles. The maximum atomic E-state index is 13.5. The highest BCUT2D eigenvalue weighted by Crippen LogP contribution is 2.17. The molecule has 1 N–H and O–H groups in total. The zero-order chi connectivity index (χ0) is 14.5. The van der Waals surface area contributed by atoms with E-state index in [9.17, 15) is 4.39 Å². The van der Waals surface area contributed by atoms with Crippen LogP contribution in [0.1, 0.15) is 16.7 Å². The number of hydrogen-bond donors (Lipinski definition) is 1. The van der Waals surface area contributed by atoms with Crippen LogP contribution in [0.15, 0.2) is 42.5 Å². The lowest BCUT2D eigenvalue weighted by Crippen LogP contribution is -2.29. The van der Waals surface area contributed by atoms with Gasteiger partial charge in [0.2, 0.25) is 0 Å². The molecule has 0 radical (unpaired) electrons. The first-order valence-corrected chi connectivity index (χ1v) is 7.13. The van der Waals surface area contributed by atoms with E-state index in [1.807, 2.05) is 13.1 Å². The maximum Gasteiger partial charge on any atom is 0.142 e. The molecule has 0 aliphatic heterocycles. The van der Waals surface area contributed by atoms with Gasteiger partial charge in [0.05, 0.1) is 5.02 Å². The quantitative estimate of drug-likeness (QED) is 0.872. The summed E-state index contributed by atoms with van der Waals surface area (Å²) in [5.74, 6) is -0.352. The molecule has 0 aliphatic carbocycles. The van der Waals surface area contributed by atoms with Crippen LogP contribution >= 0.6 is 11.6 Å². The molecular weight excluding hydrogens is 273 g/mol. The van der Waals surface area contributed by atoms with Crippen LogP contribution in [0.3, 0.4) is 0 Å². The second-order valence-electron chi connectivity index (χ2n) is 5.13. The van der Waals surface area contributed by atoms with Crippen LogP contribution in [0.25, 0.3) is 0 Å². The van der Waals surface area contributed by atoms with Crippen LogP contribution in [-0.4, -0.2) is 13.1 Å². The van der Waals surface area contributed by atoms with Crippen LogP contribution in [-0.2, 0) is 12.8 Å². The summed E-state index contributed by atoms with van der Waals surface area (Å²) in [7, 11) is 1.94. The van der Waals surface area contributed by atoms with Crippen LogP contribution in [0.5, 0.6) is 0 Å². The van der Waals surface area contributed by atoms with E-state index in [-0.39, 0.29) is 16.9 Å². The van der Waals surface area contributed by atoms with Crippen molar-refractivity contribution in [1.82, 2.24) is 5.32 Å². The molecule has 0 bridgehead atoms. The number of aryl methyl sites for hydroxylation is 1. The van der Waals surface area contributed by atoms with Crippen LogP contribution in [0, 0.1) is 12.7 Å².